The number of hydrogen-bond donors (Lipinski definition) is 7. The van der Waals surface area contributed by atoms with E-state index >= 15 is 0 Å². The number of piperidine rings is 2. The van der Waals surface area contributed by atoms with Crippen LogP contribution in [0.25, 0.3) is 0 Å². The molecule has 2 unspecified atom stereocenters. The number of carbonyl (C=O) groups is 4. The van der Waals surface area contributed by atoms with Crippen LogP contribution in [0.3, 0.4) is 0 Å². The van der Waals surface area contributed by atoms with Crippen molar-refractivity contribution in [2.24, 2.45) is 5.73 Å². The van der Waals surface area contributed by atoms with Crippen molar-refractivity contribution in [3.05, 3.63) is 130 Å². The predicted octanol–water partition coefficient (Wildman–Crippen LogP) is 4.02. The van der Waals surface area contributed by atoms with Gasteiger partial charge in [-0.25, -0.2) is 0 Å². The second kappa shape index (κ2) is 21.4. The molecule has 2 fully saturated rings. The Labute approximate surface area is 339 Å². The van der Waals surface area contributed by atoms with Crippen molar-refractivity contribution >= 4 is 35.0 Å². The predicted molar refractivity (Wildman–Crippen MR) is 222 cm³/mol. The Hall–Kier alpha value is -5.44. The first-order chi connectivity index (χ1) is 28.0. The van der Waals surface area contributed by atoms with Crippen LogP contribution in [0.4, 0.5) is 11.4 Å². The van der Waals surface area contributed by atoms with Crippen LogP contribution < -0.4 is 16.4 Å². The highest BCUT2D eigenvalue weighted by molar-refractivity contribution is 5.99. The molecular weight excluding hydrogens is 739 g/mol. The van der Waals surface area contributed by atoms with E-state index in [-0.39, 0.29) is 11.8 Å². The van der Waals surface area contributed by atoms with Crippen molar-refractivity contribution in [2.45, 2.75) is 69.6 Å². The van der Waals surface area contributed by atoms with Crippen molar-refractivity contribution in [3.63, 3.8) is 0 Å². The zero-order valence-corrected chi connectivity index (χ0v) is 32.9. The fraction of sp³-hybridized carbons (Fsp3) is 0.378. The molecule has 2 saturated heterocycles. The van der Waals surface area contributed by atoms with Gasteiger partial charge in [-0.05, 0) is 103 Å². The Morgan fingerprint density at radius 2 is 1.02 bits per heavy atom. The number of likely N-dealkylation sites (tertiary alicyclic amines) is 2. The summed E-state index contributed by atoms with van der Waals surface area (Å²) in [6, 6.07) is 30.3. The van der Waals surface area contributed by atoms with E-state index in [0.717, 1.165) is 37.7 Å². The molecule has 58 heavy (non-hydrogen) atoms. The highest BCUT2D eigenvalue weighted by Crippen LogP contribution is 2.31. The van der Waals surface area contributed by atoms with Gasteiger partial charge in [0.1, 0.15) is 0 Å². The van der Waals surface area contributed by atoms with Gasteiger partial charge >= 0.3 is 0 Å². The van der Waals surface area contributed by atoms with E-state index in [4.69, 9.17) is 15.9 Å². The summed E-state index contributed by atoms with van der Waals surface area (Å²) in [4.78, 5) is 52.9. The van der Waals surface area contributed by atoms with E-state index in [1.807, 2.05) is 21.9 Å². The minimum absolute atomic E-state index is 0.0652. The lowest BCUT2D eigenvalue weighted by molar-refractivity contribution is -0.126. The van der Waals surface area contributed by atoms with E-state index < -0.39 is 37.2 Å². The largest absolute Gasteiger partial charge is 0.393 e. The maximum Gasteiger partial charge on any atom is 0.255 e. The molecule has 0 bridgehead atoms. The van der Waals surface area contributed by atoms with E-state index in [2.05, 4.69) is 54.0 Å². The molecule has 2 heterocycles. The van der Waals surface area contributed by atoms with Gasteiger partial charge in [0.25, 0.3) is 23.6 Å². The van der Waals surface area contributed by atoms with Gasteiger partial charge in [0.05, 0.1) is 13.2 Å². The quantitative estimate of drug-likeness (QED) is 0.111. The Balaban J connectivity index is 0.000000221. The summed E-state index contributed by atoms with van der Waals surface area (Å²) in [6.45, 7) is 4.08. The number of nitrogens with two attached hydrogens (primary N) is 1. The number of nitrogens with zero attached hydrogens (tertiary/aromatic N) is 2. The lowest BCUT2D eigenvalue weighted by atomic mass is 9.88. The molecule has 4 amide bonds. The molecule has 0 saturated carbocycles. The summed E-state index contributed by atoms with van der Waals surface area (Å²) in [5.74, 6) is -0.681. The first-order valence-electron chi connectivity index (χ1n) is 19.9. The second-order valence-corrected chi connectivity index (χ2v) is 14.7. The smallest absolute Gasteiger partial charge is 0.255 e. The zero-order chi connectivity index (χ0) is 41.6. The number of aliphatic hydroxyl groups excluding tert-OH is 4. The number of aliphatic hydroxyl groups is 4. The molecule has 13 heteroatoms. The fourth-order valence-corrected chi connectivity index (χ4v) is 7.31. The highest BCUT2D eigenvalue weighted by atomic mass is 16.3. The van der Waals surface area contributed by atoms with Gasteiger partial charge in [0.15, 0.2) is 12.2 Å². The highest BCUT2D eigenvalue weighted by Gasteiger charge is 2.27. The average Bonchev–Trinajstić information content (AvgIpc) is 3.28. The van der Waals surface area contributed by atoms with Crippen LogP contribution in [0.5, 0.6) is 0 Å². The van der Waals surface area contributed by atoms with Gasteiger partial charge in [-0.3, -0.25) is 19.2 Å². The van der Waals surface area contributed by atoms with E-state index in [0.29, 0.717) is 67.1 Å². The van der Waals surface area contributed by atoms with Crippen LogP contribution in [0.1, 0.15) is 87.4 Å². The van der Waals surface area contributed by atoms with Crippen LogP contribution in [0, 0.1) is 0 Å². The molecule has 13 nitrogen and oxygen atoms in total. The molecule has 2 atom stereocenters. The summed E-state index contributed by atoms with van der Waals surface area (Å²) in [5, 5.41) is 41.5. The first kappa shape index (κ1) is 43.7. The Morgan fingerprint density at radius 3 is 1.41 bits per heavy atom. The molecule has 4 aromatic rings. The van der Waals surface area contributed by atoms with E-state index in [9.17, 15) is 29.4 Å². The number of anilines is 2. The average molecular weight is 794 g/mol. The van der Waals surface area contributed by atoms with Crippen molar-refractivity contribution in [1.82, 2.24) is 9.80 Å². The summed E-state index contributed by atoms with van der Waals surface area (Å²) < 4.78 is 0. The van der Waals surface area contributed by atoms with Crippen LogP contribution >= 0.6 is 0 Å². The van der Waals surface area contributed by atoms with E-state index in [1.54, 1.807) is 48.5 Å². The molecule has 2 aliphatic rings. The third-order valence-corrected chi connectivity index (χ3v) is 10.8. The van der Waals surface area contributed by atoms with E-state index in [1.165, 1.54) is 16.7 Å². The van der Waals surface area contributed by atoms with Crippen molar-refractivity contribution in [2.75, 3.05) is 50.0 Å². The van der Waals surface area contributed by atoms with Gasteiger partial charge in [-0.1, -0.05) is 67.6 Å². The number of nitrogens with one attached hydrogen (secondary N) is 2. The topological polar surface area (TPSA) is 206 Å². The zero-order valence-electron chi connectivity index (χ0n) is 32.9. The number of amides is 4. The van der Waals surface area contributed by atoms with Gasteiger partial charge in [-0.2, -0.15) is 0 Å². The monoisotopic (exact) mass is 793 g/mol. The van der Waals surface area contributed by atoms with Gasteiger partial charge < -0.3 is 46.6 Å². The van der Waals surface area contributed by atoms with Crippen LogP contribution in [-0.4, -0.2) is 105 Å². The molecule has 6 rings (SSSR count). The molecular formula is C45H55N5O8. The Kier molecular flexibility index (Phi) is 16.1. The maximum atomic E-state index is 12.9. The van der Waals surface area contributed by atoms with Crippen LogP contribution in [0.15, 0.2) is 97.1 Å². The molecule has 8 N–H and O–H groups in total. The van der Waals surface area contributed by atoms with Crippen molar-refractivity contribution in [3.8, 4) is 0 Å². The Morgan fingerprint density at radius 1 is 0.621 bits per heavy atom. The fourth-order valence-electron chi connectivity index (χ4n) is 7.31. The molecule has 308 valence electrons. The molecule has 4 aromatic carbocycles. The van der Waals surface area contributed by atoms with Crippen molar-refractivity contribution < 1.29 is 39.6 Å². The standard InChI is InChI=1S/C23H28N2O4.C22H27N3O4/c1-2-16-5-3-6-18(13-16)17-9-11-25(12-10-17)23(29)19-7-4-8-20(14-19)24-22(28)21(27)15-26;23-13-15-3-1-4-17(11-15)16-7-9-25(10-8-16)22(29)18-5-2-6-19(12-18)24-21(28)20(27)14-26/h3-8,13-14,17,21,26-27H,2,9-12,15H2,1H3,(H,24,28);1-6,11-12,16,20,26-27H,7-10,13-14,23H2,(H,24,28). The number of benzene rings is 4. The lowest BCUT2D eigenvalue weighted by Gasteiger charge is -2.32. The third-order valence-electron chi connectivity index (χ3n) is 10.8. The summed E-state index contributed by atoms with van der Waals surface area (Å²) in [6.07, 6.45) is 1.67. The number of rotatable bonds is 12. The first-order valence-corrected chi connectivity index (χ1v) is 19.9. The molecule has 0 aromatic heterocycles. The summed E-state index contributed by atoms with van der Waals surface area (Å²) >= 11 is 0. The second-order valence-electron chi connectivity index (χ2n) is 14.7. The number of hydrogen-bond acceptors (Lipinski definition) is 9. The summed E-state index contributed by atoms with van der Waals surface area (Å²) in [5.41, 5.74) is 12.6. The lowest BCUT2D eigenvalue weighted by Crippen LogP contribution is -2.38. The Bertz CT molecular complexity index is 1870. The maximum absolute atomic E-state index is 12.9. The normalized spacial score (nSPS) is 15.8. The number of carbonyl (C=O) groups excluding carboxylic acids is 4. The molecule has 0 aliphatic carbocycles. The number of aryl methyl sites for hydroxylation is 1. The van der Waals surface area contributed by atoms with Crippen LogP contribution in [-0.2, 0) is 22.6 Å². The van der Waals surface area contributed by atoms with Gasteiger partial charge in [-0.15, -0.1) is 0 Å². The minimum atomic E-state index is -1.49. The molecule has 0 spiro atoms. The van der Waals surface area contributed by atoms with Crippen LogP contribution in [0.2, 0.25) is 0 Å². The van der Waals surface area contributed by atoms with Gasteiger partial charge in [0.2, 0.25) is 0 Å². The molecule has 2 aliphatic heterocycles. The van der Waals surface area contributed by atoms with Gasteiger partial charge in [0, 0.05) is 55.2 Å². The third kappa shape index (κ3) is 11.8. The minimum Gasteiger partial charge on any atom is -0.393 e. The summed E-state index contributed by atoms with van der Waals surface area (Å²) in [7, 11) is 0. The van der Waals surface area contributed by atoms with Crippen molar-refractivity contribution in [1.29, 1.82) is 0 Å². The molecule has 0 radical (unpaired) electrons. The SMILES string of the molecule is CCc1cccc(C2CCN(C(=O)c3cccc(NC(=O)C(O)CO)c3)CC2)c1.NCc1cccc(C2CCN(C(=O)c3cccc(NC(=O)C(O)CO)c3)CC2)c1.